The molecule has 0 heterocycles. The smallest absolute Gasteiger partial charge is 0.178 e. The molecule has 4 heteroatoms. The molecule has 0 aliphatic rings. The van der Waals surface area contributed by atoms with Crippen molar-refractivity contribution in [3.05, 3.63) is 23.8 Å². The molecule has 0 aliphatic carbocycles. The van der Waals surface area contributed by atoms with Crippen molar-refractivity contribution in [3.63, 3.8) is 0 Å². The van der Waals surface area contributed by atoms with Gasteiger partial charge in [-0.1, -0.05) is 13.0 Å². The first-order valence-electron chi connectivity index (χ1n) is 4.06. The molecule has 1 aromatic carbocycles. The van der Waals surface area contributed by atoms with Crippen molar-refractivity contribution in [2.45, 2.75) is 18.7 Å². The van der Waals surface area contributed by atoms with E-state index in [1.807, 2.05) is 0 Å². The highest BCUT2D eigenvalue weighted by Crippen LogP contribution is 2.19. The molecule has 0 amide bonds. The third kappa shape index (κ3) is 2.01. The summed E-state index contributed by atoms with van der Waals surface area (Å²) in [5, 5.41) is 0. The molecule has 1 aromatic rings. The van der Waals surface area contributed by atoms with Crippen molar-refractivity contribution in [1.29, 1.82) is 0 Å². The molecule has 0 aliphatic heterocycles. The molecule has 0 unspecified atom stereocenters. The van der Waals surface area contributed by atoms with Gasteiger partial charge in [-0.05, 0) is 24.6 Å². The topological polar surface area (TPSA) is 60.2 Å². The van der Waals surface area contributed by atoms with Crippen LogP contribution in [0.25, 0.3) is 0 Å². The molecule has 0 spiro atoms. The Kier molecular flexibility index (Phi) is 2.61. The lowest BCUT2D eigenvalue weighted by Crippen LogP contribution is -2.06. The summed E-state index contributed by atoms with van der Waals surface area (Å²) in [6.45, 7) is 3.39. The number of benzene rings is 1. The Morgan fingerprint density at radius 3 is 2.54 bits per heavy atom. The fourth-order valence-electron chi connectivity index (χ4n) is 1.11. The van der Waals surface area contributed by atoms with E-state index in [1.165, 1.54) is 6.07 Å². The van der Waals surface area contributed by atoms with Gasteiger partial charge in [-0.15, -0.1) is 0 Å². The van der Waals surface area contributed by atoms with E-state index in [9.17, 15) is 8.42 Å². The first-order valence-corrected chi connectivity index (χ1v) is 5.71. The van der Waals surface area contributed by atoms with Gasteiger partial charge in [0, 0.05) is 5.69 Å². The van der Waals surface area contributed by atoms with E-state index in [-0.39, 0.29) is 5.75 Å². The van der Waals surface area contributed by atoms with Gasteiger partial charge in [0.2, 0.25) is 0 Å². The van der Waals surface area contributed by atoms with Gasteiger partial charge in [0.15, 0.2) is 9.84 Å². The van der Waals surface area contributed by atoms with Gasteiger partial charge in [0.05, 0.1) is 10.6 Å². The van der Waals surface area contributed by atoms with Crippen molar-refractivity contribution >= 4 is 15.5 Å². The molecular weight excluding hydrogens is 186 g/mol. The fraction of sp³-hybridized carbons (Fsp3) is 0.333. The van der Waals surface area contributed by atoms with Gasteiger partial charge in [-0.25, -0.2) is 8.42 Å². The van der Waals surface area contributed by atoms with Crippen molar-refractivity contribution in [3.8, 4) is 0 Å². The Bertz CT molecular complexity index is 410. The van der Waals surface area contributed by atoms with E-state index in [0.29, 0.717) is 10.6 Å². The number of rotatable bonds is 2. The second-order valence-electron chi connectivity index (χ2n) is 2.93. The van der Waals surface area contributed by atoms with E-state index < -0.39 is 9.84 Å². The second kappa shape index (κ2) is 3.38. The summed E-state index contributed by atoms with van der Waals surface area (Å²) in [6.07, 6.45) is 0. The highest BCUT2D eigenvalue weighted by molar-refractivity contribution is 7.91. The van der Waals surface area contributed by atoms with Crippen LogP contribution in [0.5, 0.6) is 0 Å². The molecule has 2 N–H and O–H groups in total. The van der Waals surface area contributed by atoms with E-state index in [2.05, 4.69) is 0 Å². The zero-order chi connectivity index (χ0) is 10.1. The monoisotopic (exact) mass is 199 g/mol. The lowest BCUT2D eigenvalue weighted by Gasteiger charge is -2.05. The average molecular weight is 199 g/mol. The number of nitrogen functional groups attached to an aromatic ring is 1. The minimum absolute atomic E-state index is 0.108. The molecular formula is C9H13NO2S. The number of anilines is 1. The van der Waals surface area contributed by atoms with Gasteiger partial charge in [0.25, 0.3) is 0 Å². The van der Waals surface area contributed by atoms with Gasteiger partial charge in [-0.3, -0.25) is 0 Å². The van der Waals surface area contributed by atoms with E-state index in [0.717, 1.165) is 5.56 Å². The predicted molar refractivity (Wildman–Crippen MR) is 53.3 cm³/mol. The normalized spacial score (nSPS) is 11.5. The van der Waals surface area contributed by atoms with Crippen LogP contribution < -0.4 is 5.73 Å². The summed E-state index contributed by atoms with van der Waals surface area (Å²) in [7, 11) is -3.13. The third-order valence-corrected chi connectivity index (χ3v) is 3.80. The Hall–Kier alpha value is -1.03. The number of nitrogens with two attached hydrogens (primary N) is 1. The van der Waals surface area contributed by atoms with Crippen LogP contribution in [0.1, 0.15) is 12.5 Å². The summed E-state index contributed by atoms with van der Waals surface area (Å²) >= 11 is 0. The van der Waals surface area contributed by atoms with Crippen LogP contribution >= 0.6 is 0 Å². The summed E-state index contributed by atoms with van der Waals surface area (Å²) < 4.78 is 23.0. The van der Waals surface area contributed by atoms with E-state index in [1.54, 1.807) is 26.0 Å². The molecule has 0 saturated heterocycles. The maximum atomic E-state index is 11.5. The molecule has 3 nitrogen and oxygen atoms in total. The first-order chi connectivity index (χ1) is 5.97. The molecule has 0 aromatic heterocycles. The summed E-state index contributed by atoms with van der Waals surface area (Å²) in [5.41, 5.74) is 6.74. The molecule has 1 rings (SSSR count). The zero-order valence-electron chi connectivity index (χ0n) is 7.74. The Morgan fingerprint density at radius 1 is 1.38 bits per heavy atom. The highest BCUT2D eigenvalue weighted by Gasteiger charge is 2.14. The van der Waals surface area contributed by atoms with Crippen LogP contribution in [-0.4, -0.2) is 14.2 Å². The summed E-state index contributed by atoms with van der Waals surface area (Å²) in [4.78, 5) is 0.343. The third-order valence-electron chi connectivity index (χ3n) is 1.93. The molecule has 0 atom stereocenters. The van der Waals surface area contributed by atoms with Crippen LogP contribution in [-0.2, 0) is 9.84 Å². The van der Waals surface area contributed by atoms with E-state index in [4.69, 9.17) is 5.73 Å². The van der Waals surface area contributed by atoms with Gasteiger partial charge in [0.1, 0.15) is 0 Å². The maximum absolute atomic E-state index is 11.5. The SMILES string of the molecule is CCS(=O)(=O)c1cc(N)ccc1C. The van der Waals surface area contributed by atoms with Crippen LogP contribution in [0, 0.1) is 6.92 Å². The summed E-state index contributed by atoms with van der Waals surface area (Å²) in [5.74, 6) is 0.108. The minimum Gasteiger partial charge on any atom is -0.399 e. The summed E-state index contributed by atoms with van der Waals surface area (Å²) in [6, 6.07) is 4.93. The van der Waals surface area contributed by atoms with Crippen LogP contribution in [0.4, 0.5) is 5.69 Å². The van der Waals surface area contributed by atoms with Gasteiger partial charge >= 0.3 is 0 Å². The van der Waals surface area contributed by atoms with Gasteiger partial charge < -0.3 is 5.73 Å². The lowest BCUT2D eigenvalue weighted by atomic mass is 10.2. The van der Waals surface area contributed by atoms with Crippen LogP contribution in [0.15, 0.2) is 23.1 Å². The quantitative estimate of drug-likeness (QED) is 0.732. The molecule has 0 radical (unpaired) electrons. The van der Waals surface area contributed by atoms with Crippen molar-refractivity contribution in [2.24, 2.45) is 0 Å². The largest absolute Gasteiger partial charge is 0.399 e. The van der Waals surface area contributed by atoms with Crippen LogP contribution in [0.2, 0.25) is 0 Å². The minimum atomic E-state index is -3.13. The molecule has 0 saturated carbocycles. The Morgan fingerprint density at radius 2 is 2.00 bits per heavy atom. The molecule has 0 fully saturated rings. The molecule has 13 heavy (non-hydrogen) atoms. The standard InChI is InChI=1S/C9H13NO2S/c1-3-13(11,12)9-6-8(10)5-4-7(9)2/h4-6H,3,10H2,1-2H3. The molecule has 0 bridgehead atoms. The first kappa shape index (κ1) is 10.1. The van der Waals surface area contributed by atoms with E-state index >= 15 is 0 Å². The number of aryl methyl sites for hydroxylation is 1. The Balaban J connectivity index is 3.38. The zero-order valence-corrected chi connectivity index (χ0v) is 8.56. The van der Waals surface area contributed by atoms with Crippen molar-refractivity contribution in [2.75, 3.05) is 11.5 Å². The average Bonchev–Trinajstić information content (AvgIpc) is 2.09. The number of hydrogen-bond donors (Lipinski definition) is 1. The Labute approximate surface area is 78.5 Å². The number of hydrogen-bond acceptors (Lipinski definition) is 3. The second-order valence-corrected chi connectivity index (χ2v) is 5.18. The highest BCUT2D eigenvalue weighted by atomic mass is 32.2. The van der Waals surface area contributed by atoms with Gasteiger partial charge in [-0.2, -0.15) is 0 Å². The van der Waals surface area contributed by atoms with Crippen LogP contribution in [0.3, 0.4) is 0 Å². The van der Waals surface area contributed by atoms with Crippen molar-refractivity contribution < 1.29 is 8.42 Å². The maximum Gasteiger partial charge on any atom is 0.178 e. The molecule has 72 valence electrons. The lowest BCUT2D eigenvalue weighted by molar-refractivity contribution is 0.596. The fourth-order valence-corrected chi connectivity index (χ4v) is 2.29. The van der Waals surface area contributed by atoms with Crippen molar-refractivity contribution in [1.82, 2.24) is 0 Å². The number of sulfone groups is 1. The predicted octanol–water partition coefficient (Wildman–Crippen LogP) is 1.37.